The van der Waals surface area contributed by atoms with Crippen molar-refractivity contribution in [3.63, 3.8) is 0 Å². The van der Waals surface area contributed by atoms with Gasteiger partial charge < -0.3 is 5.32 Å². The maximum atomic E-state index is 13.5. The summed E-state index contributed by atoms with van der Waals surface area (Å²) >= 11 is 5.73. The molecule has 1 aromatic rings. The molecule has 1 rings (SSSR count). The average molecular weight is 286 g/mol. The Hall–Kier alpha value is -0.600. The van der Waals surface area contributed by atoms with E-state index in [1.165, 1.54) is 0 Å². The van der Waals surface area contributed by atoms with Crippen molar-refractivity contribution in [1.29, 1.82) is 0 Å². The van der Waals surface area contributed by atoms with Gasteiger partial charge in [0.15, 0.2) is 0 Å². The normalized spacial score (nSPS) is 14.7. The van der Waals surface area contributed by atoms with Crippen molar-refractivity contribution in [1.82, 2.24) is 5.32 Å². The Morgan fingerprint density at radius 2 is 2.05 bits per heavy atom. The SMILES string of the molecule is CCCC(C)(CNC(C)C)Cc1ccc(Cl)c(F)c1. The van der Waals surface area contributed by atoms with Crippen LogP contribution in [0.4, 0.5) is 4.39 Å². The Morgan fingerprint density at radius 3 is 2.58 bits per heavy atom. The van der Waals surface area contributed by atoms with E-state index in [-0.39, 0.29) is 16.3 Å². The minimum atomic E-state index is -0.324. The molecule has 1 aromatic carbocycles. The number of nitrogens with one attached hydrogen (secondary N) is 1. The highest BCUT2D eigenvalue weighted by Gasteiger charge is 2.24. The van der Waals surface area contributed by atoms with Crippen molar-refractivity contribution in [2.24, 2.45) is 5.41 Å². The van der Waals surface area contributed by atoms with Crippen molar-refractivity contribution >= 4 is 11.6 Å². The van der Waals surface area contributed by atoms with Gasteiger partial charge in [0.2, 0.25) is 0 Å². The monoisotopic (exact) mass is 285 g/mol. The lowest BCUT2D eigenvalue weighted by Crippen LogP contribution is -2.37. The molecule has 3 heteroatoms. The van der Waals surface area contributed by atoms with Crippen LogP contribution in [0.5, 0.6) is 0 Å². The van der Waals surface area contributed by atoms with Crippen molar-refractivity contribution in [3.05, 3.63) is 34.6 Å². The molecule has 1 nitrogen and oxygen atoms in total. The van der Waals surface area contributed by atoms with E-state index in [2.05, 4.69) is 33.0 Å². The van der Waals surface area contributed by atoms with Gasteiger partial charge in [-0.25, -0.2) is 4.39 Å². The second kappa shape index (κ2) is 7.25. The summed E-state index contributed by atoms with van der Waals surface area (Å²) in [6, 6.07) is 5.60. The van der Waals surface area contributed by atoms with Crippen LogP contribution in [-0.4, -0.2) is 12.6 Å². The van der Waals surface area contributed by atoms with E-state index < -0.39 is 0 Å². The molecular weight excluding hydrogens is 261 g/mol. The molecule has 0 aliphatic rings. The van der Waals surface area contributed by atoms with Gasteiger partial charge in [-0.05, 0) is 36.0 Å². The summed E-state index contributed by atoms with van der Waals surface area (Å²) in [7, 11) is 0. The Bertz CT molecular complexity index is 406. The zero-order chi connectivity index (χ0) is 14.5. The summed E-state index contributed by atoms with van der Waals surface area (Å²) in [5.74, 6) is -0.324. The molecule has 0 radical (unpaired) electrons. The third-order valence-electron chi connectivity index (χ3n) is 3.41. The highest BCUT2D eigenvalue weighted by atomic mass is 35.5. The van der Waals surface area contributed by atoms with Gasteiger partial charge in [-0.3, -0.25) is 0 Å². The number of benzene rings is 1. The van der Waals surface area contributed by atoms with Crippen LogP contribution in [-0.2, 0) is 6.42 Å². The van der Waals surface area contributed by atoms with Crippen molar-refractivity contribution in [3.8, 4) is 0 Å². The summed E-state index contributed by atoms with van der Waals surface area (Å²) in [6.07, 6.45) is 3.12. The molecule has 0 aliphatic carbocycles. The first-order valence-electron chi connectivity index (χ1n) is 7.03. The van der Waals surface area contributed by atoms with Gasteiger partial charge in [0.1, 0.15) is 5.82 Å². The minimum Gasteiger partial charge on any atom is -0.314 e. The van der Waals surface area contributed by atoms with Crippen LogP contribution < -0.4 is 5.32 Å². The smallest absolute Gasteiger partial charge is 0.142 e. The summed E-state index contributed by atoms with van der Waals surface area (Å²) < 4.78 is 13.5. The fraction of sp³-hybridized carbons (Fsp3) is 0.625. The van der Waals surface area contributed by atoms with Crippen LogP contribution in [0.15, 0.2) is 18.2 Å². The standard InChI is InChI=1S/C16H25ClFN/c1-5-8-16(4,11-19-12(2)3)10-13-6-7-14(17)15(18)9-13/h6-7,9,12,19H,5,8,10-11H2,1-4H3. The molecule has 1 unspecified atom stereocenters. The lowest BCUT2D eigenvalue weighted by atomic mass is 9.79. The molecule has 0 heterocycles. The molecule has 0 amide bonds. The fourth-order valence-corrected chi connectivity index (χ4v) is 2.55. The van der Waals surface area contributed by atoms with Crippen LogP contribution in [0.1, 0.15) is 46.1 Å². The molecule has 0 saturated carbocycles. The molecule has 0 spiro atoms. The van der Waals surface area contributed by atoms with Gasteiger partial charge in [-0.1, -0.05) is 51.8 Å². The third kappa shape index (κ3) is 5.50. The fourth-order valence-electron chi connectivity index (χ4n) is 2.44. The average Bonchev–Trinajstić information content (AvgIpc) is 2.32. The molecule has 0 saturated heterocycles. The molecular formula is C16H25ClFN. The van der Waals surface area contributed by atoms with E-state index in [4.69, 9.17) is 11.6 Å². The first-order valence-corrected chi connectivity index (χ1v) is 7.41. The van der Waals surface area contributed by atoms with Gasteiger partial charge in [-0.2, -0.15) is 0 Å². The van der Waals surface area contributed by atoms with Crippen molar-refractivity contribution in [2.45, 2.75) is 53.0 Å². The Morgan fingerprint density at radius 1 is 1.37 bits per heavy atom. The molecule has 0 aromatic heterocycles. The van der Waals surface area contributed by atoms with Gasteiger partial charge in [0, 0.05) is 12.6 Å². The summed E-state index contributed by atoms with van der Waals surface area (Å²) in [5.41, 5.74) is 1.17. The van der Waals surface area contributed by atoms with Gasteiger partial charge in [0.25, 0.3) is 0 Å². The lowest BCUT2D eigenvalue weighted by molar-refractivity contribution is 0.267. The molecule has 0 bridgehead atoms. The van der Waals surface area contributed by atoms with Crippen LogP contribution >= 0.6 is 11.6 Å². The Labute approximate surface area is 121 Å². The zero-order valence-corrected chi connectivity index (χ0v) is 13.1. The highest BCUT2D eigenvalue weighted by Crippen LogP contribution is 2.29. The first-order chi connectivity index (χ1) is 8.86. The molecule has 0 aliphatic heterocycles. The Kier molecular flexibility index (Phi) is 6.28. The molecule has 108 valence electrons. The van der Waals surface area contributed by atoms with Crippen LogP contribution in [0.3, 0.4) is 0 Å². The van der Waals surface area contributed by atoms with Gasteiger partial charge in [-0.15, -0.1) is 0 Å². The number of rotatable bonds is 7. The molecule has 0 fully saturated rings. The van der Waals surface area contributed by atoms with Gasteiger partial charge in [0.05, 0.1) is 5.02 Å². The lowest BCUT2D eigenvalue weighted by Gasteiger charge is -2.31. The van der Waals surface area contributed by atoms with Crippen LogP contribution in [0.2, 0.25) is 5.02 Å². The summed E-state index contributed by atoms with van der Waals surface area (Å²) in [5, 5.41) is 3.69. The Balaban J connectivity index is 2.78. The third-order valence-corrected chi connectivity index (χ3v) is 3.71. The quantitative estimate of drug-likeness (QED) is 0.757. The van der Waals surface area contributed by atoms with E-state index in [1.54, 1.807) is 12.1 Å². The second-order valence-corrected chi connectivity index (χ2v) is 6.43. The van der Waals surface area contributed by atoms with E-state index in [9.17, 15) is 4.39 Å². The van der Waals surface area contributed by atoms with Crippen molar-refractivity contribution < 1.29 is 4.39 Å². The predicted octanol–water partition coefficient (Wildman–Crippen LogP) is 4.83. The maximum absolute atomic E-state index is 13.5. The van der Waals surface area contributed by atoms with E-state index in [0.717, 1.165) is 31.4 Å². The van der Waals surface area contributed by atoms with E-state index in [0.29, 0.717) is 6.04 Å². The predicted molar refractivity (Wildman–Crippen MR) is 81.3 cm³/mol. The van der Waals surface area contributed by atoms with E-state index in [1.807, 2.05) is 6.07 Å². The second-order valence-electron chi connectivity index (χ2n) is 6.02. The number of hydrogen-bond donors (Lipinski definition) is 1. The zero-order valence-electron chi connectivity index (χ0n) is 12.4. The first kappa shape index (κ1) is 16.5. The molecule has 19 heavy (non-hydrogen) atoms. The summed E-state index contributed by atoms with van der Waals surface area (Å²) in [4.78, 5) is 0. The van der Waals surface area contributed by atoms with Crippen molar-refractivity contribution in [2.75, 3.05) is 6.54 Å². The number of halogens is 2. The largest absolute Gasteiger partial charge is 0.314 e. The molecule has 1 atom stereocenters. The highest BCUT2D eigenvalue weighted by molar-refractivity contribution is 6.30. The van der Waals surface area contributed by atoms with Gasteiger partial charge >= 0.3 is 0 Å². The topological polar surface area (TPSA) is 12.0 Å². The molecule has 1 N–H and O–H groups in total. The summed E-state index contributed by atoms with van der Waals surface area (Å²) in [6.45, 7) is 9.69. The number of hydrogen-bond acceptors (Lipinski definition) is 1. The minimum absolute atomic E-state index is 0.152. The van der Waals surface area contributed by atoms with Crippen LogP contribution in [0.25, 0.3) is 0 Å². The van der Waals surface area contributed by atoms with Crippen LogP contribution in [0, 0.1) is 11.2 Å². The maximum Gasteiger partial charge on any atom is 0.142 e. The van der Waals surface area contributed by atoms with E-state index >= 15 is 0 Å².